The van der Waals surface area contributed by atoms with Gasteiger partial charge in [0.25, 0.3) is 5.91 Å². The molecule has 1 fully saturated rings. The minimum Gasteiger partial charge on any atom is -0.353 e. The smallest absolute Gasteiger partial charge is 0.353 e. The summed E-state index contributed by atoms with van der Waals surface area (Å²) in [5.41, 5.74) is -0.918. The Morgan fingerprint density at radius 3 is 2.59 bits per heavy atom. The quantitative estimate of drug-likeness (QED) is 0.450. The van der Waals surface area contributed by atoms with E-state index in [0.29, 0.717) is 34.5 Å². The molecule has 1 aromatic carbocycles. The molecular formula is C25H21F3N8O. The Hall–Kier alpha value is -4.50. The number of rotatable bonds is 4. The van der Waals surface area contributed by atoms with Crippen molar-refractivity contribution in [3.8, 4) is 11.8 Å². The fourth-order valence-electron chi connectivity index (χ4n) is 4.32. The van der Waals surface area contributed by atoms with Crippen molar-refractivity contribution in [2.45, 2.75) is 6.18 Å². The first-order valence-corrected chi connectivity index (χ1v) is 11.4. The maximum absolute atomic E-state index is 14.2. The second-order valence-electron chi connectivity index (χ2n) is 8.62. The first-order chi connectivity index (χ1) is 17.8. The van der Waals surface area contributed by atoms with Crippen LogP contribution in [0, 0.1) is 11.3 Å². The molecule has 9 nitrogen and oxygen atoms in total. The fourth-order valence-corrected chi connectivity index (χ4v) is 4.32. The molecule has 188 valence electrons. The zero-order valence-corrected chi connectivity index (χ0v) is 19.7. The molecule has 3 aromatic heterocycles. The van der Waals surface area contributed by atoms with Crippen molar-refractivity contribution >= 4 is 28.3 Å². The van der Waals surface area contributed by atoms with Crippen LogP contribution >= 0.6 is 0 Å². The third kappa shape index (κ3) is 4.68. The number of pyridine rings is 2. The Morgan fingerprint density at radius 2 is 1.86 bits per heavy atom. The highest BCUT2D eigenvalue weighted by atomic mass is 19.4. The van der Waals surface area contributed by atoms with Crippen molar-refractivity contribution in [1.82, 2.24) is 24.6 Å². The van der Waals surface area contributed by atoms with Crippen LogP contribution in [-0.4, -0.2) is 63.8 Å². The highest BCUT2D eigenvalue weighted by Gasteiger charge is 2.41. The number of aromatic nitrogens is 4. The Balaban J connectivity index is 1.48. The minimum atomic E-state index is -4.88. The largest absolute Gasteiger partial charge is 0.434 e. The van der Waals surface area contributed by atoms with Crippen LogP contribution in [0.2, 0.25) is 0 Å². The van der Waals surface area contributed by atoms with Gasteiger partial charge in [0.1, 0.15) is 11.9 Å². The molecule has 0 unspecified atom stereocenters. The number of nitriles is 1. The molecule has 1 saturated heterocycles. The topological polar surface area (TPSA) is 103 Å². The van der Waals surface area contributed by atoms with Gasteiger partial charge in [0.2, 0.25) is 0 Å². The Morgan fingerprint density at radius 1 is 1.08 bits per heavy atom. The van der Waals surface area contributed by atoms with Gasteiger partial charge in [-0.3, -0.25) is 9.78 Å². The van der Waals surface area contributed by atoms with Crippen LogP contribution < -0.4 is 10.2 Å². The fraction of sp³-hybridized carbons (Fsp3) is 0.240. The van der Waals surface area contributed by atoms with Gasteiger partial charge in [-0.2, -0.15) is 23.5 Å². The third-order valence-electron chi connectivity index (χ3n) is 6.18. The van der Waals surface area contributed by atoms with Crippen molar-refractivity contribution in [2.75, 3.05) is 43.4 Å². The molecule has 5 rings (SSSR count). The van der Waals surface area contributed by atoms with Crippen LogP contribution in [0.4, 0.5) is 24.7 Å². The van der Waals surface area contributed by atoms with E-state index in [1.54, 1.807) is 24.3 Å². The second kappa shape index (κ2) is 9.51. The van der Waals surface area contributed by atoms with E-state index in [1.807, 2.05) is 11.9 Å². The summed E-state index contributed by atoms with van der Waals surface area (Å²) >= 11 is 0. The molecule has 37 heavy (non-hydrogen) atoms. The Kier molecular flexibility index (Phi) is 6.22. The lowest BCUT2D eigenvalue weighted by atomic mass is 10.1. The number of benzene rings is 1. The molecule has 1 aliphatic heterocycles. The SMILES string of the molecule is CN1CCN(c2ncc(NC(=O)c3cnn(-c4cccc5ncccc45)c3C(F)(F)F)cc2C#N)CC1. The van der Waals surface area contributed by atoms with E-state index in [9.17, 15) is 23.2 Å². The third-order valence-corrected chi connectivity index (χ3v) is 6.18. The number of hydrogen-bond donors (Lipinski definition) is 1. The van der Waals surface area contributed by atoms with Crippen molar-refractivity contribution < 1.29 is 18.0 Å². The van der Waals surface area contributed by atoms with Crippen molar-refractivity contribution in [1.29, 1.82) is 5.26 Å². The molecule has 4 aromatic rings. The number of hydrogen-bond acceptors (Lipinski definition) is 7. The molecule has 4 heterocycles. The lowest BCUT2D eigenvalue weighted by Crippen LogP contribution is -2.45. The molecular weight excluding hydrogens is 485 g/mol. The molecule has 1 N–H and O–H groups in total. The van der Waals surface area contributed by atoms with Gasteiger partial charge in [-0.1, -0.05) is 6.07 Å². The average Bonchev–Trinajstić information content (AvgIpc) is 3.35. The predicted octanol–water partition coefficient (Wildman–Crippen LogP) is 3.71. The standard InChI is InChI=1S/C25H21F3N8O/c1-34-8-10-35(11-9-34)23-16(13-29)12-17(14-31-23)33-24(37)19-15-32-36(22(19)25(26,27)28)21-6-2-5-20-18(21)4-3-7-30-20/h2-7,12,14-15H,8-11H2,1H3,(H,33,37). The first-order valence-electron chi connectivity index (χ1n) is 11.4. The van der Waals surface area contributed by atoms with Crippen LogP contribution in [0.3, 0.4) is 0 Å². The van der Waals surface area contributed by atoms with Gasteiger partial charge >= 0.3 is 6.18 Å². The van der Waals surface area contributed by atoms with E-state index < -0.39 is 23.3 Å². The average molecular weight is 506 g/mol. The molecule has 0 aliphatic carbocycles. The lowest BCUT2D eigenvalue weighted by Gasteiger charge is -2.33. The van der Waals surface area contributed by atoms with Gasteiger partial charge in [0, 0.05) is 37.8 Å². The zero-order valence-electron chi connectivity index (χ0n) is 19.7. The molecule has 0 bridgehead atoms. The number of anilines is 2. The Bertz CT molecular complexity index is 1510. The summed E-state index contributed by atoms with van der Waals surface area (Å²) in [6.07, 6.45) is -1.13. The monoisotopic (exact) mass is 506 g/mol. The van der Waals surface area contributed by atoms with E-state index in [-0.39, 0.29) is 16.9 Å². The first kappa shape index (κ1) is 24.2. The van der Waals surface area contributed by atoms with Gasteiger partial charge in [0.15, 0.2) is 5.69 Å². The minimum absolute atomic E-state index is 0.106. The van der Waals surface area contributed by atoms with Crippen molar-refractivity contribution in [2.24, 2.45) is 0 Å². The molecule has 1 aliphatic rings. The predicted molar refractivity (Wildman–Crippen MR) is 130 cm³/mol. The molecule has 0 atom stereocenters. The molecule has 0 spiro atoms. The van der Waals surface area contributed by atoms with Gasteiger partial charge in [-0.05, 0) is 37.4 Å². The summed E-state index contributed by atoms with van der Waals surface area (Å²) < 4.78 is 43.3. The molecule has 12 heteroatoms. The maximum Gasteiger partial charge on any atom is 0.434 e. The van der Waals surface area contributed by atoms with Gasteiger partial charge < -0.3 is 15.1 Å². The van der Waals surface area contributed by atoms with E-state index in [1.165, 1.54) is 24.5 Å². The van der Waals surface area contributed by atoms with Crippen molar-refractivity contribution in [3.63, 3.8) is 0 Å². The highest BCUT2D eigenvalue weighted by Crippen LogP contribution is 2.35. The summed E-state index contributed by atoms with van der Waals surface area (Å²) in [6, 6.07) is 11.5. The maximum atomic E-state index is 14.2. The summed E-state index contributed by atoms with van der Waals surface area (Å²) in [5.74, 6) is -0.545. The number of nitrogens with one attached hydrogen (secondary N) is 1. The molecule has 0 radical (unpaired) electrons. The van der Waals surface area contributed by atoms with E-state index >= 15 is 0 Å². The second-order valence-corrected chi connectivity index (χ2v) is 8.62. The number of amides is 1. The van der Waals surface area contributed by atoms with Gasteiger partial charge in [-0.15, -0.1) is 0 Å². The zero-order chi connectivity index (χ0) is 26.2. The van der Waals surface area contributed by atoms with E-state index in [4.69, 9.17) is 0 Å². The number of halogens is 3. The molecule has 0 saturated carbocycles. The normalized spacial score (nSPS) is 14.5. The number of nitrogens with zero attached hydrogens (tertiary/aromatic N) is 7. The number of piperazine rings is 1. The number of fused-ring (bicyclic) bond motifs is 1. The highest BCUT2D eigenvalue weighted by molar-refractivity contribution is 6.05. The number of carbonyl (C=O) groups excluding carboxylic acids is 1. The van der Waals surface area contributed by atoms with Crippen LogP contribution in [0.15, 0.2) is 55.0 Å². The van der Waals surface area contributed by atoms with Gasteiger partial charge in [-0.25, -0.2) is 9.67 Å². The van der Waals surface area contributed by atoms with Crippen LogP contribution in [0.1, 0.15) is 21.6 Å². The number of alkyl halides is 3. The van der Waals surface area contributed by atoms with E-state index in [0.717, 1.165) is 19.3 Å². The van der Waals surface area contributed by atoms with Crippen LogP contribution in [0.25, 0.3) is 16.6 Å². The van der Waals surface area contributed by atoms with Gasteiger partial charge in [0.05, 0.1) is 40.4 Å². The Labute approximate surface area is 209 Å². The molecule has 1 amide bonds. The lowest BCUT2D eigenvalue weighted by molar-refractivity contribution is -0.143. The van der Waals surface area contributed by atoms with Crippen LogP contribution in [0.5, 0.6) is 0 Å². The van der Waals surface area contributed by atoms with Crippen molar-refractivity contribution in [3.05, 3.63) is 71.8 Å². The summed E-state index contributed by atoms with van der Waals surface area (Å²) in [4.78, 5) is 25.6. The van der Waals surface area contributed by atoms with E-state index in [2.05, 4.69) is 31.4 Å². The summed E-state index contributed by atoms with van der Waals surface area (Å²) in [6.45, 7) is 2.98. The number of likely N-dealkylation sites (N-methyl/N-ethyl adjacent to an activating group) is 1. The van der Waals surface area contributed by atoms with Crippen LogP contribution in [-0.2, 0) is 6.18 Å². The summed E-state index contributed by atoms with van der Waals surface area (Å²) in [5, 5.41) is 16.4. The summed E-state index contributed by atoms with van der Waals surface area (Å²) in [7, 11) is 2.00. The number of carbonyl (C=O) groups is 1.